The molecule has 0 saturated heterocycles. The van der Waals surface area contributed by atoms with Gasteiger partial charge in [0.1, 0.15) is 0 Å². The molecule has 0 N–H and O–H groups in total. The Morgan fingerprint density at radius 3 is 2.60 bits per heavy atom. The van der Waals surface area contributed by atoms with E-state index in [1.54, 1.807) is 0 Å². The predicted molar refractivity (Wildman–Crippen MR) is 48.3 cm³/mol. The molecule has 0 rings (SSSR count). The van der Waals surface area contributed by atoms with Crippen molar-refractivity contribution in [2.75, 3.05) is 6.61 Å². The number of ether oxygens (including phenoxy) is 1. The predicted octanol–water partition coefficient (Wildman–Crippen LogP) is 2.71. The Hall–Kier alpha value is -0.370. The third-order valence-corrected chi connectivity index (χ3v) is 1.55. The van der Waals surface area contributed by atoms with Crippen molar-refractivity contribution >= 4 is 17.3 Å². The second kappa shape index (κ2) is 5.42. The molecule has 0 bridgehead atoms. The molecule has 10 heavy (non-hydrogen) atoms. The van der Waals surface area contributed by atoms with Gasteiger partial charge in [-0.25, -0.2) is 0 Å². The lowest BCUT2D eigenvalue weighted by molar-refractivity contribution is 0.305. The van der Waals surface area contributed by atoms with Crippen molar-refractivity contribution in [2.24, 2.45) is 0 Å². The molecule has 58 valence electrons. The van der Waals surface area contributed by atoms with Gasteiger partial charge in [-0.1, -0.05) is 19.9 Å². The summed E-state index contributed by atoms with van der Waals surface area (Å²) in [4.78, 5) is 0. The zero-order valence-corrected chi connectivity index (χ0v) is 7.46. The van der Waals surface area contributed by atoms with Crippen LogP contribution in [0.5, 0.6) is 0 Å². The minimum atomic E-state index is 0.549. The van der Waals surface area contributed by atoms with Crippen LogP contribution < -0.4 is 0 Å². The molecule has 0 aliphatic carbocycles. The van der Waals surface area contributed by atoms with Gasteiger partial charge in [-0.05, 0) is 31.1 Å². The quantitative estimate of drug-likeness (QED) is 0.353. The summed E-state index contributed by atoms with van der Waals surface area (Å²) < 4.78 is 5.18. The molecule has 0 radical (unpaired) electrons. The normalized spacial score (nSPS) is 9.00. The van der Waals surface area contributed by atoms with Crippen LogP contribution in [0.2, 0.25) is 0 Å². The van der Waals surface area contributed by atoms with Crippen molar-refractivity contribution < 1.29 is 4.74 Å². The molecule has 0 aliphatic heterocycles. The number of hydrogen-bond donors (Lipinski definition) is 0. The summed E-state index contributed by atoms with van der Waals surface area (Å²) in [6.45, 7) is 8.37. The number of hydrogen-bond acceptors (Lipinski definition) is 2. The molecule has 0 spiro atoms. The van der Waals surface area contributed by atoms with Gasteiger partial charge in [0.15, 0.2) is 5.05 Å². The van der Waals surface area contributed by atoms with E-state index in [2.05, 4.69) is 13.5 Å². The maximum absolute atomic E-state index is 5.18. The van der Waals surface area contributed by atoms with Crippen LogP contribution in [0, 0.1) is 0 Å². The van der Waals surface area contributed by atoms with Crippen molar-refractivity contribution in [3.63, 3.8) is 0 Å². The Kier molecular flexibility index (Phi) is 5.22. The monoisotopic (exact) mass is 158 g/mol. The first-order valence-corrected chi connectivity index (χ1v) is 3.92. The van der Waals surface area contributed by atoms with Crippen LogP contribution in [-0.4, -0.2) is 11.7 Å². The highest BCUT2D eigenvalue weighted by Crippen LogP contribution is 1.97. The molecule has 0 aromatic rings. The first-order valence-electron chi connectivity index (χ1n) is 3.51. The summed E-state index contributed by atoms with van der Waals surface area (Å²) in [5.41, 5.74) is 0.839. The maximum Gasteiger partial charge on any atom is 0.186 e. The fraction of sp³-hybridized carbons (Fsp3) is 0.625. The van der Waals surface area contributed by atoms with Crippen LogP contribution in [0.25, 0.3) is 0 Å². The minimum absolute atomic E-state index is 0.549. The van der Waals surface area contributed by atoms with Gasteiger partial charge in [0.05, 0.1) is 6.61 Å². The average molecular weight is 158 g/mol. The molecule has 0 atom stereocenters. The molecule has 0 aromatic carbocycles. The number of unbranched alkanes of at least 4 members (excludes halogenated alkanes) is 1. The highest BCUT2D eigenvalue weighted by molar-refractivity contribution is 7.80. The molecule has 0 unspecified atom stereocenters. The summed E-state index contributed by atoms with van der Waals surface area (Å²) >= 11 is 4.87. The van der Waals surface area contributed by atoms with Gasteiger partial charge in [0, 0.05) is 0 Å². The molecule has 0 amide bonds. The van der Waals surface area contributed by atoms with Gasteiger partial charge < -0.3 is 4.74 Å². The van der Waals surface area contributed by atoms with Crippen molar-refractivity contribution in [3.8, 4) is 0 Å². The largest absolute Gasteiger partial charge is 0.483 e. The van der Waals surface area contributed by atoms with Crippen LogP contribution in [0.1, 0.15) is 26.7 Å². The molecule has 1 nitrogen and oxygen atoms in total. The van der Waals surface area contributed by atoms with E-state index in [9.17, 15) is 0 Å². The Morgan fingerprint density at radius 2 is 2.20 bits per heavy atom. The summed E-state index contributed by atoms with van der Waals surface area (Å²) in [7, 11) is 0. The Bertz CT molecular complexity index is 129. The van der Waals surface area contributed by atoms with Crippen molar-refractivity contribution in [2.45, 2.75) is 26.7 Å². The zero-order valence-electron chi connectivity index (χ0n) is 6.64. The zero-order chi connectivity index (χ0) is 7.98. The van der Waals surface area contributed by atoms with E-state index in [0.29, 0.717) is 5.05 Å². The smallest absolute Gasteiger partial charge is 0.186 e. The number of thiocarbonyl (C=S) groups is 1. The fourth-order valence-corrected chi connectivity index (χ4v) is 0.516. The van der Waals surface area contributed by atoms with Crippen molar-refractivity contribution in [1.82, 2.24) is 0 Å². The maximum atomic E-state index is 5.18. The highest BCUT2D eigenvalue weighted by Gasteiger charge is 1.95. The van der Waals surface area contributed by atoms with Crippen molar-refractivity contribution in [1.29, 1.82) is 0 Å². The second-order valence-electron chi connectivity index (χ2n) is 2.27. The average Bonchev–Trinajstić information content (AvgIpc) is 1.88. The molecule has 0 heterocycles. The van der Waals surface area contributed by atoms with Gasteiger partial charge in [0.25, 0.3) is 0 Å². The Morgan fingerprint density at radius 1 is 1.60 bits per heavy atom. The summed E-state index contributed by atoms with van der Waals surface area (Å²) in [5.74, 6) is 0. The van der Waals surface area contributed by atoms with E-state index in [4.69, 9.17) is 17.0 Å². The van der Waals surface area contributed by atoms with E-state index < -0.39 is 0 Å². The molecule has 0 fully saturated rings. The van der Waals surface area contributed by atoms with E-state index in [1.165, 1.54) is 0 Å². The Balaban J connectivity index is 3.31. The summed E-state index contributed by atoms with van der Waals surface area (Å²) in [5, 5.41) is 0.549. The molecule has 0 aliphatic rings. The minimum Gasteiger partial charge on any atom is -0.483 e. The van der Waals surface area contributed by atoms with Gasteiger partial charge in [0.2, 0.25) is 0 Å². The van der Waals surface area contributed by atoms with Crippen LogP contribution in [0.15, 0.2) is 12.2 Å². The molecule has 2 heteroatoms. The lowest BCUT2D eigenvalue weighted by Crippen LogP contribution is -2.03. The van der Waals surface area contributed by atoms with Crippen LogP contribution in [-0.2, 0) is 4.74 Å². The summed E-state index contributed by atoms with van der Waals surface area (Å²) in [6, 6.07) is 0. The first-order chi connectivity index (χ1) is 4.68. The third-order valence-electron chi connectivity index (χ3n) is 1.08. The first kappa shape index (κ1) is 9.63. The van der Waals surface area contributed by atoms with Crippen LogP contribution in [0.3, 0.4) is 0 Å². The molecule has 0 aromatic heterocycles. The molecular weight excluding hydrogens is 144 g/mol. The van der Waals surface area contributed by atoms with Gasteiger partial charge in [-0.2, -0.15) is 0 Å². The van der Waals surface area contributed by atoms with Gasteiger partial charge in [-0.15, -0.1) is 0 Å². The van der Waals surface area contributed by atoms with Crippen LogP contribution >= 0.6 is 12.2 Å². The fourth-order valence-electron chi connectivity index (χ4n) is 0.432. The van der Waals surface area contributed by atoms with E-state index in [-0.39, 0.29) is 0 Å². The number of rotatable bonds is 4. The van der Waals surface area contributed by atoms with Crippen LogP contribution in [0.4, 0.5) is 0 Å². The highest BCUT2D eigenvalue weighted by atomic mass is 32.1. The van der Waals surface area contributed by atoms with E-state index >= 15 is 0 Å². The van der Waals surface area contributed by atoms with Crippen molar-refractivity contribution in [3.05, 3.63) is 12.2 Å². The Labute approximate surface area is 68.1 Å². The van der Waals surface area contributed by atoms with E-state index in [1.807, 2.05) is 6.92 Å². The SMILES string of the molecule is C=C(C)C(=S)OCCCC. The topological polar surface area (TPSA) is 9.23 Å². The third kappa shape index (κ3) is 4.50. The van der Waals surface area contributed by atoms with Gasteiger partial charge in [-0.3, -0.25) is 0 Å². The summed E-state index contributed by atoms with van der Waals surface area (Å²) in [6.07, 6.45) is 2.20. The lowest BCUT2D eigenvalue weighted by atomic mass is 10.3. The standard InChI is InChI=1S/C8H14OS/c1-4-5-6-9-8(10)7(2)3/h2,4-6H2,1,3H3. The van der Waals surface area contributed by atoms with E-state index in [0.717, 1.165) is 25.0 Å². The second-order valence-corrected chi connectivity index (χ2v) is 2.64. The van der Waals surface area contributed by atoms with Gasteiger partial charge >= 0.3 is 0 Å². The molecular formula is C8H14OS. The molecule has 0 saturated carbocycles. The lowest BCUT2D eigenvalue weighted by Gasteiger charge is -2.04.